The van der Waals surface area contributed by atoms with E-state index in [2.05, 4.69) is 57.2 Å². The van der Waals surface area contributed by atoms with Gasteiger partial charge in [0.15, 0.2) is 0 Å². The zero-order valence-electron chi connectivity index (χ0n) is 7.89. The number of rotatable bonds is 4. The van der Waals surface area contributed by atoms with Gasteiger partial charge in [0.2, 0.25) is 0 Å². The van der Waals surface area contributed by atoms with E-state index in [1.807, 2.05) is 12.1 Å². The second kappa shape index (κ2) is 5.52. The van der Waals surface area contributed by atoms with Crippen molar-refractivity contribution in [3.05, 3.63) is 57.5 Å². The van der Waals surface area contributed by atoms with E-state index in [1.54, 1.807) is 0 Å². The SMILES string of the molecule is C=C(Br)Cc1ccccc1CC(=C)Br. The molecule has 0 N–H and O–H groups in total. The highest BCUT2D eigenvalue weighted by Gasteiger charge is 2.02. The van der Waals surface area contributed by atoms with Crippen molar-refractivity contribution in [2.24, 2.45) is 0 Å². The average molecular weight is 316 g/mol. The highest BCUT2D eigenvalue weighted by atomic mass is 79.9. The van der Waals surface area contributed by atoms with Crippen LogP contribution in [0.5, 0.6) is 0 Å². The Bertz CT molecular complexity index is 318. The molecule has 1 rings (SSSR count). The fraction of sp³-hybridized carbons (Fsp3) is 0.167. The molecule has 0 saturated carbocycles. The molecule has 2 heteroatoms. The Morgan fingerprint density at radius 1 is 0.929 bits per heavy atom. The van der Waals surface area contributed by atoms with Gasteiger partial charge in [-0.15, -0.1) is 0 Å². The third-order valence-electron chi connectivity index (χ3n) is 1.88. The van der Waals surface area contributed by atoms with E-state index in [-0.39, 0.29) is 0 Å². The lowest BCUT2D eigenvalue weighted by Crippen LogP contribution is -1.93. The molecule has 0 amide bonds. The first-order chi connectivity index (χ1) is 6.59. The molecule has 0 aliphatic rings. The summed E-state index contributed by atoms with van der Waals surface area (Å²) in [5, 5.41) is 0. The Morgan fingerprint density at radius 3 is 1.57 bits per heavy atom. The van der Waals surface area contributed by atoms with Crippen molar-refractivity contribution in [1.82, 2.24) is 0 Å². The largest absolute Gasteiger partial charge is 0.0885 e. The number of benzene rings is 1. The summed E-state index contributed by atoms with van der Waals surface area (Å²) in [5.41, 5.74) is 2.60. The van der Waals surface area contributed by atoms with Crippen molar-refractivity contribution in [2.75, 3.05) is 0 Å². The fourth-order valence-corrected chi connectivity index (χ4v) is 1.92. The summed E-state index contributed by atoms with van der Waals surface area (Å²) in [7, 11) is 0. The van der Waals surface area contributed by atoms with Gasteiger partial charge in [-0.3, -0.25) is 0 Å². The summed E-state index contributed by atoms with van der Waals surface area (Å²) >= 11 is 6.77. The normalized spacial score (nSPS) is 9.86. The molecule has 1 aromatic rings. The molecule has 0 spiro atoms. The van der Waals surface area contributed by atoms with E-state index >= 15 is 0 Å². The molecule has 0 aromatic heterocycles. The minimum Gasteiger partial charge on any atom is -0.0885 e. The van der Waals surface area contributed by atoms with Crippen LogP contribution in [-0.2, 0) is 12.8 Å². The molecule has 0 atom stereocenters. The molecule has 0 aliphatic carbocycles. The number of hydrogen-bond acceptors (Lipinski definition) is 0. The van der Waals surface area contributed by atoms with E-state index in [4.69, 9.17) is 0 Å². The molecule has 0 saturated heterocycles. The van der Waals surface area contributed by atoms with Gasteiger partial charge < -0.3 is 0 Å². The maximum absolute atomic E-state index is 3.85. The van der Waals surface area contributed by atoms with E-state index in [0.717, 1.165) is 21.8 Å². The van der Waals surface area contributed by atoms with Crippen LogP contribution in [0.3, 0.4) is 0 Å². The van der Waals surface area contributed by atoms with Gasteiger partial charge >= 0.3 is 0 Å². The highest BCUT2D eigenvalue weighted by Crippen LogP contribution is 2.20. The maximum atomic E-state index is 3.85. The quantitative estimate of drug-likeness (QED) is 0.762. The molecule has 0 nitrogen and oxygen atoms in total. The van der Waals surface area contributed by atoms with Gasteiger partial charge in [0.05, 0.1) is 0 Å². The third-order valence-corrected chi connectivity index (χ3v) is 2.44. The first kappa shape index (κ1) is 11.7. The Labute approximate surface area is 102 Å². The van der Waals surface area contributed by atoms with Gasteiger partial charge in [-0.1, -0.05) is 69.3 Å². The number of allylic oxidation sites excluding steroid dienone is 2. The predicted octanol–water partition coefficient (Wildman–Crippen LogP) is 4.59. The summed E-state index contributed by atoms with van der Waals surface area (Å²) in [5.74, 6) is 0. The summed E-state index contributed by atoms with van der Waals surface area (Å²) in [4.78, 5) is 0. The van der Waals surface area contributed by atoms with Crippen LogP contribution in [0, 0.1) is 0 Å². The summed E-state index contributed by atoms with van der Waals surface area (Å²) in [6.45, 7) is 7.71. The lowest BCUT2D eigenvalue weighted by molar-refractivity contribution is 1.14. The van der Waals surface area contributed by atoms with Crippen LogP contribution >= 0.6 is 31.9 Å². The van der Waals surface area contributed by atoms with Gasteiger partial charge in [0, 0.05) is 12.8 Å². The Kier molecular flexibility index (Phi) is 4.63. The first-order valence-corrected chi connectivity index (χ1v) is 5.91. The predicted molar refractivity (Wildman–Crippen MR) is 70.0 cm³/mol. The lowest BCUT2D eigenvalue weighted by atomic mass is 10.0. The second-order valence-electron chi connectivity index (χ2n) is 3.16. The number of hydrogen-bond donors (Lipinski definition) is 0. The third kappa shape index (κ3) is 3.81. The minimum atomic E-state index is 0.871. The molecule has 0 aliphatic heterocycles. The van der Waals surface area contributed by atoms with Gasteiger partial charge in [0.25, 0.3) is 0 Å². The van der Waals surface area contributed by atoms with Crippen LogP contribution in [0.2, 0.25) is 0 Å². The molecule has 1 aromatic carbocycles. The van der Waals surface area contributed by atoms with Crippen LogP contribution in [0.4, 0.5) is 0 Å². The lowest BCUT2D eigenvalue weighted by Gasteiger charge is -2.07. The molecule has 0 radical (unpaired) electrons. The molecule has 0 heterocycles. The zero-order chi connectivity index (χ0) is 10.6. The smallest absolute Gasteiger partial charge is 0.00375 e. The van der Waals surface area contributed by atoms with Gasteiger partial charge in [-0.05, 0) is 20.1 Å². The van der Waals surface area contributed by atoms with Gasteiger partial charge in [0.1, 0.15) is 0 Å². The summed E-state index contributed by atoms with van der Waals surface area (Å²) in [6, 6.07) is 8.34. The first-order valence-electron chi connectivity index (χ1n) is 4.33. The van der Waals surface area contributed by atoms with Crippen LogP contribution in [0.25, 0.3) is 0 Å². The van der Waals surface area contributed by atoms with E-state index < -0.39 is 0 Å². The Morgan fingerprint density at radius 2 is 1.29 bits per heavy atom. The van der Waals surface area contributed by atoms with Crippen LogP contribution in [0.1, 0.15) is 11.1 Å². The van der Waals surface area contributed by atoms with Crippen molar-refractivity contribution in [1.29, 1.82) is 0 Å². The van der Waals surface area contributed by atoms with Crippen molar-refractivity contribution in [2.45, 2.75) is 12.8 Å². The molecular weight excluding hydrogens is 304 g/mol. The van der Waals surface area contributed by atoms with Crippen molar-refractivity contribution in [3.63, 3.8) is 0 Å². The van der Waals surface area contributed by atoms with Gasteiger partial charge in [-0.2, -0.15) is 0 Å². The van der Waals surface area contributed by atoms with Crippen molar-refractivity contribution < 1.29 is 0 Å². The van der Waals surface area contributed by atoms with Gasteiger partial charge in [-0.25, -0.2) is 0 Å². The Hall–Kier alpha value is -0.340. The number of halogens is 2. The topological polar surface area (TPSA) is 0 Å². The standard InChI is InChI=1S/C12H12Br2/c1-9(13)7-11-5-3-4-6-12(11)8-10(2)14/h3-6H,1-2,7-8H2. The van der Waals surface area contributed by atoms with Crippen molar-refractivity contribution in [3.8, 4) is 0 Å². The van der Waals surface area contributed by atoms with Crippen LogP contribution in [-0.4, -0.2) is 0 Å². The summed E-state index contributed by atoms with van der Waals surface area (Å²) < 4.78 is 2.01. The summed E-state index contributed by atoms with van der Waals surface area (Å²) in [6.07, 6.45) is 1.74. The highest BCUT2D eigenvalue weighted by molar-refractivity contribution is 9.12. The molecule has 0 fully saturated rings. The molecule has 0 unspecified atom stereocenters. The second-order valence-corrected chi connectivity index (χ2v) is 5.40. The maximum Gasteiger partial charge on any atom is 0.00375 e. The fourth-order valence-electron chi connectivity index (χ4n) is 1.32. The van der Waals surface area contributed by atoms with E-state index in [9.17, 15) is 0 Å². The molecule has 74 valence electrons. The van der Waals surface area contributed by atoms with Crippen LogP contribution < -0.4 is 0 Å². The molecule has 0 bridgehead atoms. The average Bonchev–Trinajstić information content (AvgIpc) is 2.06. The monoisotopic (exact) mass is 314 g/mol. The zero-order valence-corrected chi connectivity index (χ0v) is 11.1. The molecular formula is C12H12Br2. The minimum absolute atomic E-state index is 0.871. The Balaban J connectivity index is 2.90. The van der Waals surface area contributed by atoms with Crippen LogP contribution in [0.15, 0.2) is 46.4 Å². The van der Waals surface area contributed by atoms with E-state index in [1.165, 1.54) is 11.1 Å². The van der Waals surface area contributed by atoms with E-state index in [0.29, 0.717) is 0 Å². The molecule has 14 heavy (non-hydrogen) atoms. The van der Waals surface area contributed by atoms with Crippen molar-refractivity contribution >= 4 is 31.9 Å².